The number of nitrogens with zero attached hydrogens (tertiary/aromatic N) is 2. The summed E-state index contributed by atoms with van der Waals surface area (Å²) in [5.41, 5.74) is -0.0199. The molecule has 0 aromatic heterocycles. The lowest BCUT2D eigenvalue weighted by atomic mass is 9.72. The summed E-state index contributed by atoms with van der Waals surface area (Å²) in [6, 6.07) is 0. The highest BCUT2D eigenvalue weighted by Crippen LogP contribution is 2.39. The first-order valence-corrected chi connectivity index (χ1v) is 8.65. The molecule has 0 aromatic carbocycles. The molecule has 1 aliphatic carbocycles. The Hall–Kier alpha value is -0.610. The molecule has 0 radical (unpaired) electrons. The molecule has 0 amide bonds. The minimum absolute atomic E-state index is 0.0199. The summed E-state index contributed by atoms with van der Waals surface area (Å²) < 4.78 is 5.26. The van der Waals surface area contributed by atoms with Gasteiger partial charge >= 0.3 is 5.97 Å². The van der Waals surface area contributed by atoms with Gasteiger partial charge in [-0.2, -0.15) is 0 Å². The molecule has 1 heterocycles. The highest BCUT2D eigenvalue weighted by atomic mass is 16.5. The molecule has 4 heteroatoms. The number of ether oxygens (including phenoxy) is 1. The van der Waals surface area contributed by atoms with E-state index in [1.54, 1.807) is 0 Å². The van der Waals surface area contributed by atoms with Crippen LogP contribution >= 0.6 is 0 Å². The van der Waals surface area contributed by atoms with Crippen molar-refractivity contribution in [1.29, 1.82) is 0 Å². The van der Waals surface area contributed by atoms with Crippen molar-refractivity contribution in [3.05, 3.63) is 0 Å². The molecule has 2 aliphatic rings. The molecule has 1 saturated heterocycles. The van der Waals surface area contributed by atoms with Crippen molar-refractivity contribution in [2.45, 2.75) is 57.9 Å². The van der Waals surface area contributed by atoms with Gasteiger partial charge in [-0.15, -0.1) is 0 Å². The Kier molecular flexibility index (Phi) is 6.06. The van der Waals surface area contributed by atoms with Crippen LogP contribution in [0.2, 0.25) is 0 Å². The Balaban J connectivity index is 2.09. The van der Waals surface area contributed by atoms with Gasteiger partial charge in [0.1, 0.15) is 0 Å². The first-order chi connectivity index (χ1) is 10.1. The average Bonchev–Trinajstić information content (AvgIpc) is 2.49. The lowest BCUT2D eigenvalue weighted by Crippen LogP contribution is -2.59. The molecule has 1 aliphatic heterocycles. The third-order valence-electron chi connectivity index (χ3n) is 5.52. The molecule has 2 rings (SSSR count). The zero-order valence-corrected chi connectivity index (χ0v) is 14.1. The zero-order chi connectivity index (χ0) is 15.3. The van der Waals surface area contributed by atoms with Gasteiger partial charge in [0.25, 0.3) is 0 Å². The molecule has 2 fully saturated rings. The molecule has 0 bridgehead atoms. The fourth-order valence-corrected chi connectivity index (χ4v) is 4.06. The average molecular weight is 296 g/mol. The van der Waals surface area contributed by atoms with Gasteiger partial charge in [0.15, 0.2) is 0 Å². The Morgan fingerprint density at radius 3 is 2.33 bits per heavy atom. The van der Waals surface area contributed by atoms with E-state index in [1.165, 1.54) is 32.1 Å². The van der Waals surface area contributed by atoms with Crippen molar-refractivity contribution in [3.8, 4) is 0 Å². The predicted octanol–water partition coefficient (Wildman–Crippen LogP) is 2.53. The second kappa shape index (κ2) is 7.59. The molecule has 1 unspecified atom stereocenters. The number of likely N-dealkylation sites (N-methyl/N-ethyl adjacent to an activating group) is 1. The second-order valence-corrected chi connectivity index (χ2v) is 6.96. The number of rotatable bonds is 5. The molecular formula is C17H32N2O2. The number of piperazine rings is 1. The summed E-state index contributed by atoms with van der Waals surface area (Å²) in [7, 11) is 2.18. The number of carbonyl (C=O) groups excluding carboxylic acids is 1. The van der Waals surface area contributed by atoms with Gasteiger partial charge < -0.3 is 9.64 Å². The summed E-state index contributed by atoms with van der Waals surface area (Å²) >= 11 is 0. The first kappa shape index (κ1) is 16.8. The van der Waals surface area contributed by atoms with Gasteiger partial charge in [0.2, 0.25) is 0 Å². The van der Waals surface area contributed by atoms with Gasteiger partial charge in [-0.3, -0.25) is 9.69 Å². The van der Waals surface area contributed by atoms with Gasteiger partial charge in [0.05, 0.1) is 13.0 Å². The number of hydrogen-bond acceptors (Lipinski definition) is 4. The Morgan fingerprint density at radius 1 is 1.14 bits per heavy atom. The van der Waals surface area contributed by atoms with Crippen LogP contribution in [0.4, 0.5) is 0 Å². The van der Waals surface area contributed by atoms with Crippen LogP contribution in [0.15, 0.2) is 0 Å². The molecule has 0 aromatic rings. The van der Waals surface area contributed by atoms with E-state index in [-0.39, 0.29) is 11.5 Å². The van der Waals surface area contributed by atoms with E-state index < -0.39 is 0 Å². The number of hydrogen-bond donors (Lipinski definition) is 0. The van der Waals surface area contributed by atoms with Crippen LogP contribution in [0.25, 0.3) is 0 Å². The normalized spacial score (nSPS) is 25.5. The van der Waals surface area contributed by atoms with Gasteiger partial charge in [-0.1, -0.05) is 19.3 Å². The van der Waals surface area contributed by atoms with Crippen LogP contribution in [0, 0.1) is 5.92 Å². The lowest BCUT2D eigenvalue weighted by molar-refractivity contribution is -0.148. The van der Waals surface area contributed by atoms with Gasteiger partial charge in [-0.25, -0.2) is 0 Å². The Bertz CT molecular complexity index is 334. The van der Waals surface area contributed by atoms with Crippen molar-refractivity contribution >= 4 is 5.97 Å². The van der Waals surface area contributed by atoms with Crippen LogP contribution in [0.3, 0.4) is 0 Å². The Morgan fingerprint density at radius 2 is 1.76 bits per heavy atom. The Labute approximate surface area is 129 Å². The number of carbonyl (C=O) groups is 1. The molecule has 1 saturated carbocycles. The maximum absolute atomic E-state index is 12.1. The molecule has 21 heavy (non-hydrogen) atoms. The fraction of sp³-hybridized carbons (Fsp3) is 0.941. The molecule has 122 valence electrons. The minimum Gasteiger partial charge on any atom is -0.466 e. The van der Waals surface area contributed by atoms with Crippen LogP contribution in [-0.4, -0.2) is 61.1 Å². The zero-order valence-electron chi connectivity index (χ0n) is 14.1. The third kappa shape index (κ3) is 4.19. The van der Waals surface area contributed by atoms with Crippen molar-refractivity contribution in [2.24, 2.45) is 5.92 Å². The minimum atomic E-state index is -0.0236. The molecule has 0 N–H and O–H groups in total. The van der Waals surface area contributed by atoms with Crippen molar-refractivity contribution in [2.75, 3.05) is 39.8 Å². The largest absolute Gasteiger partial charge is 0.466 e. The van der Waals surface area contributed by atoms with E-state index in [4.69, 9.17) is 4.74 Å². The van der Waals surface area contributed by atoms with Crippen molar-refractivity contribution in [1.82, 2.24) is 9.80 Å². The van der Waals surface area contributed by atoms with E-state index in [2.05, 4.69) is 23.8 Å². The summed E-state index contributed by atoms with van der Waals surface area (Å²) in [5, 5.41) is 0. The van der Waals surface area contributed by atoms with Crippen molar-refractivity contribution < 1.29 is 9.53 Å². The smallest absolute Gasteiger partial charge is 0.307 e. The summed E-state index contributed by atoms with van der Waals surface area (Å²) in [5.74, 6) is 0.614. The highest BCUT2D eigenvalue weighted by Gasteiger charge is 2.42. The second-order valence-electron chi connectivity index (χ2n) is 6.96. The molecule has 1 atom stereocenters. The van der Waals surface area contributed by atoms with E-state index in [0.29, 0.717) is 18.9 Å². The summed E-state index contributed by atoms with van der Waals surface area (Å²) in [4.78, 5) is 17.1. The van der Waals surface area contributed by atoms with E-state index in [1.807, 2.05) is 6.92 Å². The molecule has 4 nitrogen and oxygen atoms in total. The van der Waals surface area contributed by atoms with Crippen molar-refractivity contribution in [3.63, 3.8) is 0 Å². The van der Waals surface area contributed by atoms with Gasteiger partial charge in [-0.05, 0) is 39.7 Å². The van der Waals surface area contributed by atoms with E-state index >= 15 is 0 Å². The monoisotopic (exact) mass is 296 g/mol. The summed E-state index contributed by atoms with van der Waals surface area (Å²) in [6.45, 7) is 9.04. The van der Waals surface area contributed by atoms with Crippen LogP contribution < -0.4 is 0 Å². The molecular weight excluding hydrogens is 264 g/mol. The third-order valence-corrected chi connectivity index (χ3v) is 5.52. The topological polar surface area (TPSA) is 32.8 Å². The predicted molar refractivity (Wildman–Crippen MR) is 85.3 cm³/mol. The first-order valence-electron chi connectivity index (χ1n) is 8.65. The number of esters is 1. The SMILES string of the molecule is CCOC(=O)CC(C)(C1CCCCC1)N1CCN(C)CC1. The fourth-order valence-electron chi connectivity index (χ4n) is 4.06. The maximum atomic E-state index is 12.1. The van der Waals surface area contributed by atoms with Crippen LogP contribution in [-0.2, 0) is 9.53 Å². The van der Waals surface area contributed by atoms with Gasteiger partial charge in [0, 0.05) is 31.7 Å². The van der Waals surface area contributed by atoms with E-state index in [9.17, 15) is 4.79 Å². The quantitative estimate of drug-likeness (QED) is 0.730. The van der Waals surface area contributed by atoms with E-state index in [0.717, 1.165) is 26.2 Å². The standard InChI is InChI=1S/C17H32N2O2/c1-4-21-16(20)14-17(2,15-8-6-5-7-9-15)19-12-10-18(3)11-13-19/h15H,4-14H2,1-3H3. The highest BCUT2D eigenvalue weighted by molar-refractivity contribution is 5.71. The molecule has 0 spiro atoms. The lowest BCUT2D eigenvalue weighted by Gasteiger charge is -2.50. The van der Waals surface area contributed by atoms with Crippen LogP contribution in [0.1, 0.15) is 52.4 Å². The maximum Gasteiger partial charge on any atom is 0.307 e. The van der Waals surface area contributed by atoms with Crippen LogP contribution in [0.5, 0.6) is 0 Å². The summed E-state index contributed by atoms with van der Waals surface area (Å²) in [6.07, 6.45) is 7.07.